The Kier molecular flexibility index (Phi) is 4.94. The van der Waals surface area contributed by atoms with Gasteiger partial charge < -0.3 is 4.74 Å². The van der Waals surface area contributed by atoms with E-state index < -0.39 is 0 Å². The van der Waals surface area contributed by atoms with Crippen molar-refractivity contribution in [3.05, 3.63) is 54.1 Å². The van der Waals surface area contributed by atoms with Gasteiger partial charge in [-0.15, -0.1) is 0 Å². The van der Waals surface area contributed by atoms with Crippen molar-refractivity contribution < 1.29 is 9.53 Å². The first kappa shape index (κ1) is 14.3. The van der Waals surface area contributed by atoms with Crippen molar-refractivity contribution in [3.63, 3.8) is 0 Å². The number of ether oxygens (including phenoxy) is 1. The van der Waals surface area contributed by atoms with Crippen LogP contribution in [0.2, 0.25) is 0 Å². The van der Waals surface area contributed by atoms with Crippen LogP contribution in [-0.2, 0) is 0 Å². The molecule has 2 heteroatoms. The first-order valence-electron chi connectivity index (χ1n) is 7.11. The lowest BCUT2D eigenvalue weighted by molar-refractivity contribution is 0.0988. The molecule has 2 rings (SSSR count). The molecule has 20 heavy (non-hydrogen) atoms. The second-order valence-corrected chi connectivity index (χ2v) is 4.70. The standard InChI is InChI=1S/C18H20O2/c1-3-13-20-18-8-6-5-7-16(18)14-9-11-15(12-10-14)17(19)4-2/h5-12H,3-4,13H2,1-2H3. The molecule has 0 aliphatic heterocycles. The molecule has 0 unspecified atom stereocenters. The van der Waals surface area contributed by atoms with E-state index >= 15 is 0 Å². The monoisotopic (exact) mass is 268 g/mol. The van der Waals surface area contributed by atoms with E-state index in [9.17, 15) is 4.79 Å². The summed E-state index contributed by atoms with van der Waals surface area (Å²) in [5.74, 6) is 1.07. The van der Waals surface area contributed by atoms with Crippen LogP contribution in [0.3, 0.4) is 0 Å². The minimum Gasteiger partial charge on any atom is -0.493 e. The van der Waals surface area contributed by atoms with Crippen molar-refractivity contribution in [1.82, 2.24) is 0 Å². The van der Waals surface area contributed by atoms with Crippen LogP contribution in [0.5, 0.6) is 5.75 Å². The van der Waals surface area contributed by atoms with Crippen LogP contribution in [0.1, 0.15) is 37.0 Å². The van der Waals surface area contributed by atoms with Crippen molar-refractivity contribution >= 4 is 5.78 Å². The van der Waals surface area contributed by atoms with E-state index in [1.807, 2.05) is 55.5 Å². The van der Waals surface area contributed by atoms with Gasteiger partial charge in [-0.3, -0.25) is 4.79 Å². The van der Waals surface area contributed by atoms with Crippen molar-refractivity contribution in [3.8, 4) is 16.9 Å². The molecule has 2 aromatic carbocycles. The van der Waals surface area contributed by atoms with Gasteiger partial charge in [0.2, 0.25) is 0 Å². The molecule has 104 valence electrons. The molecule has 0 N–H and O–H groups in total. The van der Waals surface area contributed by atoms with Crippen LogP contribution in [0.15, 0.2) is 48.5 Å². The van der Waals surface area contributed by atoms with Gasteiger partial charge in [-0.05, 0) is 18.1 Å². The van der Waals surface area contributed by atoms with Gasteiger partial charge in [-0.1, -0.05) is 56.3 Å². The van der Waals surface area contributed by atoms with Crippen LogP contribution < -0.4 is 4.74 Å². The molecule has 0 saturated carbocycles. The van der Waals surface area contributed by atoms with Crippen LogP contribution in [0, 0.1) is 0 Å². The fourth-order valence-electron chi connectivity index (χ4n) is 2.08. The lowest BCUT2D eigenvalue weighted by atomic mass is 10.0. The van der Waals surface area contributed by atoms with Gasteiger partial charge in [0.15, 0.2) is 5.78 Å². The Hall–Kier alpha value is -2.09. The van der Waals surface area contributed by atoms with Crippen LogP contribution >= 0.6 is 0 Å². The molecule has 0 atom stereocenters. The van der Waals surface area contributed by atoms with Crippen LogP contribution in [0.25, 0.3) is 11.1 Å². The van der Waals surface area contributed by atoms with Gasteiger partial charge in [0, 0.05) is 17.5 Å². The Morgan fingerprint density at radius 3 is 2.35 bits per heavy atom. The fourth-order valence-corrected chi connectivity index (χ4v) is 2.08. The number of hydrogen-bond acceptors (Lipinski definition) is 2. The smallest absolute Gasteiger partial charge is 0.162 e. The zero-order valence-electron chi connectivity index (χ0n) is 12.1. The average molecular weight is 268 g/mol. The first-order chi connectivity index (χ1) is 9.76. The summed E-state index contributed by atoms with van der Waals surface area (Å²) in [6.07, 6.45) is 1.52. The Labute approximate surface area is 120 Å². The topological polar surface area (TPSA) is 26.3 Å². The Balaban J connectivity index is 2.29. The maximum absolute atomic E-state index is 11.6. The summed E-state index contributed by atoms with van der Waals surface area (Å²) in [5, 5.41) is 0. The van der Waals surface area contributed by atoms with Crippen molar-refractivity contribution in [2.45, 2.75) is 26.7 Å². The number of carbonyl (C=O) groups excluding carboxylic acids is 1. The third kappa shape index (κ3) is 3.27. The SMILES string of the molecule is CCCOc1ccccc1-c1ccc(C(=O)CC)cc1. The van der Waals surface area contributed by atoms with Gasteiger partial charge in [0.05, 0.1) is 6.61 Å². The number of hydrogen-bond donors (Lipinski definition) is 0. The van der Waals surface area contributed by atoms with Crippen molar-refractivity contribution in [1.29, 1.82) is 0 Å². The third-order valence-corrected chi connectivity index (χ3v) is 3.19. The number of carbonyl (C=O) groups is 1. The van der Waals surface area contributed by atoms with E-state index in [1.165, 1.54) is 0 Å². The zero-order chi connectivity index (χ0) is 14.4. The predicted molar refractivity (Wildman–Crippen MR) is 82.3 cm³/mol. The molecule has 0 bridgehead atoms. The molecule has 0 radical (unpaired) electrons. The normalized spacial score (nSPS) is 10.3. The summed E-state index contributed by atoms with van der Waals surface area (Å²) >= 11 is 0. The highest BCUT2D eigenvalue weighted by atomic mass is 16.5. The highest BCUT2D eigenvalue weighted by Crippen LogP contribution is 2.30. The van der Waals surface area contributed by atoms with E-state index in [-0.39, 0.29) is 5.78 Å². The van der Waals surface area contributed by atoms with Gasteiger partial charge in [-0.2, -0.15) is 0 Å². The quantitative estimate of drug-likeness (QED) is 0.708. The summed E-state index contributed by atoms with van der Waals surface area (Å²) < 4.78 is 5.77. The number of Topliss-reactive ketones (excluding diaryl/α,β-unsaturated/α-hetero) is 1. The van der Waals surface area contributed by atoms with Crippen LogP contribution in [0.4, 0.5) is 0 Å². The summed E-state index contributed by atoms with van der Waals surface area (Å²) in [6, 6.07) is 15.7. The summed E-state index contributed by atoms with van der Waals surface area (Å²) in [6.45, 7) is 4.68. The van der Waals surface area contributed by atoms with Gasteiger partial charge in [0.1, 0.15) is 5.75 Å². The second kappa shape index (κ2) is 6.90. The highest BCUT2D eigenvalue weighted by Gasteiger charge is 2.07. The Bertz CT molecular complexity index is 570. The molecule has 2 nitrogen and oxygen atoms in total. The number of ketones is 1. The molecule has 2 aromatic rings. The molecular formula is C18H20O2. The first-order valence-corrected chi connectivity index (χ1v) is 7.11. The largest absolute Gasteiger partial charge is 0.493 e. The average Bonchev–Trinajstić information content (AvgIpc) is 2.52. The number of para-hydroxylation sites is 1. The molecule has 0 heterocycles. The fraction of sp³-hybridized carbons (Fsp3) is 0.278. The number of rotatable bonds is 6. The highest BCUT2D eigenvalue weighted by molar-refractivity contribution is 5.96. The molecule has 0 spiro atoms. The van der Waals surface area contributed by atoms with E-state index in [2.05, 4.69) is 6.92 Å². The van der Waals surface area contributed by atoms with E-state index in [0.717, 1.165) is 28.9 Å². The maximum atomic E-state index is 11.6. The minimum atomic E-state index is 0.173. The third-order valence-electron chi connectivity index (χ3n) is 3.19. The zero-order valence-corrected chi connectivity index (χ0v) is 12.1. The molecule has 0 amide bonds. The van der Waals surface area contributed by atoms with E-state index in [0.29, 0.717) is 13.0 Å². The molecule has 0 aliphatic rings. The van der Waals surface area contributed by atoms with Gasteiger partial charge in [-0.25, -0.2) is 0 Å². The summed E-state index contributed by atoms with van der Waals surface area (Å²) in [4.78, 5) is 11.6. The Morgan fingerprint density at radius 2 is 1.70 bits per heavy atom. The lowest BCUT2D eigenvalue weighted by Gasteiger charge is -2.11. The molecule has 0 fully saturated rings. The minimum absolute atomic E-state index is 0.173. The predicted octanol–water partition coefficient (Wildman–Crippen LogP) is 4.74. The molecule has 0 aliphatic carbocycles. The molecule has 0 saturated heterocycles. The van der Waals surface area contributed by atoms with Crippen LogP contribution in [-0.4, -0.2) is 12.4 Å². The molecular weight excluding hydrogens is 248 g/mol. The van der Waals surface area contributed by atoms with E-state index in [1.54, 1.807) is 0 Å². The van der Waals surface area contributed by atoms with Crippen molar-refractivity contribution in [2.75, 3.05) is 6.61 Å². The Morgan fingerprint density at radius 1 is 1.00 bits per heavy atom. The second-order valence-electron chi connectivity index (χ2n) is 4.70. The lowest BCUT2D eigenvalue weighted by Crippen LogP contribution is -1.98. The van der Waals surface area contributed by atoms with Crippen molar-refractivity contribution in [2.24, 2.45) is 0 Å². The van der Waals surface area contributed by atoms with Gasteiger partial charge in [0.25, 0.3) is 0 Å². The molecule has 0 aromatic heterocycles. The summed E-state index contributed by atoms with van der Waals surface area (Å²) in [7, 11) is 0. The summed E-state index contributed by atoms with van der Waals surface area (Å²) in [5.41, 5.74) is 2.91. The van der Waals surface area contributed by atoms with E-state index in [4.69, 9.17) is 4.74 Å². The van der Waals surface area contributed by atoms with Gasteiger partial charge >= 0.3 is 0 Å². The number of benzene rings is 2. The maximum Gasteiger partial charge on any atom is 0.162 e.